The first-order chi connectivity index (χ1) is 13.5. The second kappa shape index (κ2) is 11.7. The van der Waals surface area contributed by atoms with Crippen molar-refractivity contribution in [2.75, 3.05) is 13.2 Å². The molecule has 1 atom stereocenters. The lowest BCUT2D eigenvalue weighted by atomic mass is 10.1. The molecule has 0 aliphatic rings. The molecule has 1 unspecified atom stereocenters. The van der Waals surface area contributed by atoms with Crippen LogP contribution in [0, 0.1) is 3.57 Å². The molecule has 0 aromatic heterocycles. The average Bonchev–Trinajstić information content (AvgIpc) is 2.71. The number of hydrogen-bond donors (Lipinski definition) is 1. The highest BCUT2D eigenvalue weighted by atomic mass is 127. The smallest absolute Gasteiger partial charge is 0.261 e. The van der Waals surface area contributed by atoms with Gasteiger partial charge in [0, 0.05) is 16.7 Å². The SMILES string of the molecule is CCCCNC(=O)C(C)N(Cc1ccccc1)C(=O)COc1ccc(I)cc1. The van der Waals surface area contributed by atoms with Gasteiger partial charge in [-0.05, 0) is 65.8 Å². The zero-order chi connectivity index (χ0) is 20.4. The third kappa shape index (κ3) is 7.14. The fourth-order valence-corrected chi connectivity index (χ4v) is 3.02. The highest BCUT2D eigenvalue weighted by Gasteiger charge is 2.26. The summed E-state index contributed by atoms with van der Waals surface area (Å²) >= 11 is 2.22. The zero-order valence-electron chi connectivity index (χ0n) is 16.4. The quantitative estimate of drug-likeness (QED) is 0.401. The molecule has 0 spiro atoms. The maximum atomic E-state index is 12.9. The number of benzene rings is 2. The monoisotopic (exact) mass is 494 g/mol. The van der Waals surface area contributed by atoms with Gasteiger partial charge in [0.05, 0.1) is 0 Å². The molecule has 0 heterocycles. The van der Waals surface area contributed by atoms with Crippen LogP contribution < -0.4 is 10.1 Å². The summed E-state index contributed by atoms with van der Waals surface area (Å²) in [5.41, 5.74) is 0.971. The normalized spacial score (nSPS) is 11.5. The van der Waals surface area contributed by atoms with Gasteiger partial charge in [0.15, 0.2) is 6.61 Å². The standard InChI is InChI=1S/C22H27IN2O3/c1-3-4-14-24-22(27)17(2)25(15-18-8-6-5-7-9-18)21(26)16-28-20-12-10-19(23)11-13-20/h5-13,17H,3-4,14-16H2,1-2H3,(H,24,27). The number of amides is 2. The van der Waals surface area contributed by atoms with Gasteiger partial charge in [-0.1, -0.05) is 43.7 Å². The Labute approximate surface area is 180 Å². The molecule has 6 heteroatoms. The van der Waals surface area contributed by atoms with Crippen LogP contribution in [0.1, 0.15) is 32.3 Å². The highest BCUT2D eigenvalue weighted by molar-refractivity contribution is 14.1. The van der Waals surface area contributed by atoms with Gasteiger partial charge >= 0.3 is 0 Å². The number of carbonyl (C=O) groups excluding carboxylic acids is 2. The van der Waals surface area contributed by atoms with E-state index in [0.717, 1.165) is 22.0 Å². The van der Waals surface area contributed by atoms with Crippen molar-refractivity contribution >= 4 is 34.4 Å². The molecule has 2 amide bonds. The van der Waals surface area contributed by atoms with E-state index in [1.165, 1.54) is 0 Å². The van der Waals surface area contributed by atoms with Crippen LogP contribution in [0.2, 0.25) is 0 Å². The topological polar surface area (TPSA) is 58.6 Å². The molecule has 0 aliphatic heterocycles. The van der Waals surface area contributed by atoms with Crippen LogP contribution in [0.5, 0.6) is 5.75 Å². The molecule has 0 radical (unpaired) electrons. The number of hydrogen-bond acceptors (Lipinski definition) is 3. The van der Waals surface area contributed by atoms with Gasteiger partial charge in [0.2, 0.25) is 5.91 Å². The van der Waals surface area contributed by atoms with Crippen molar-refractivity contribution in [3.63, 3.8) is 0 Å². The first-order valence-corrected chi connectivity index (χ1v) is 10.6. The van der Waals surface area contributed by atoms with Gasteiger partial charge in [0.1, 0.15) is 11.8 Å². The summed E-state index contributed by atoms with van der Waals surface area (Å²) in [4.78, 5) is 27.0. The molecule has 2 rings (SSSR count). The van der Waals surface area contributed by atoms with E-state index < -0.39 is 6.04 Å². The molecule has 2 aromatic rings. The molecule has 150 valence electrons. The fraction of sp³-hybridized carbons (Fsp3) is 0.364. The van der Waals surface area contributed by atoms with Gasteiger partial charge in [-0.15, -0.1) is 0 Å². The van der Waals surface area contributed by atoms with Gasteiger partial charge < -0.3 is 15.0 Å². The van der Waals surface area contributed by atoms with Crippen LogP contribution in [-0.4, -0.2) is 35.9 Å². The molecule has 0 aliphatic carbocycles. The van der Waals surface area contributed by atoms with Crippen molar-refractivity contribution in [2.24, 2.45) is 0 Å². The number of halogens is 1. The van der Waals surface area contributed by atoms with E-state index >= 15 is 0 Å². The van der Waals surface area contributed by atoms with Crippen LogP contribution in [-0.2, 0) is 16.1 Å². The predicted molar refractivity (Wildman–Crippen MR) is 119 cm³/mol. The molecule has 28 heavy (non-hydrogen) atoms. The number of unbranched alkanes of at least 4 members (excludes halogenated alkanes) is 1. The Balaban J connectivity index is 2.06. The minimum absolute atomic E-state index is 0.111. The number of nitrogens with one attached hydrogen (secondary N) is 1. The summed E-state index contributed by atoms with van der Waals surface area (Å²) in [5.74, 6) is 0.265. The summed E-state index contributed by atoms with van der Waals surface area (Å²) < 4.78 is 6.74. The summed E-state index contributed by atoms with van der Waals surface area (Å²) in [5, 5.41) is 2.91. The lowest BCUT2D eigenvalue weighted by Crippen LogP contribution is -2.49. The number of nitrogens with zero attached hydrogens (tertiary/aromatic N) is 1. The maximum absolute atomic E-state index is 12.9. The van der Waals surface area contributed by atoms with Crippen molar-refractivity contribution in [1.82, 2.24) is 10.2 Å². The Bertz CT molecular complexity index is 750. The summed E-state index contributed by atoms with van der Waals surface area (Å²) in [7, 11) is 0. The Morgan fingerprint density at radius 3 is 2.43 bits per heavy atom. The fourth-order valence-electron chi connectivity index (χ4n) is 2.66. The predicted octanol–water partition coefficient (Wildman–Crippen LogP) is 4.00. The highest BCUT2D eigenvalue weighted by Crippen LogP contribution is 2.15. The number of rotatable bonds is 10. The largest absolute Gasteiger partial charge is 0.484 e. The summed E-state index contributed by atoms with van der Waals surface area (Å²) in [6, 6.07) is 16.6. The molecule has 0 saturated carbocycles. The summed E-state index contributed by atoms with van der Waals surface area (Å²) in [6.45, 7) is 4.69. The van der Waals surface area contributed by atoms with E-state index in [2.05, 4.69) is 34.8 Å². The molecule has 2 aromatic carbocycles. The van der Waals surface area contributed by atoms with Crippen LogP contribution in [0.25, 0.3) is 0 Å². The lowest BCUT2D eigenvalue weighted by Gasteiger charge is -2.28. The first-order valence-electron chi connectivity index (χ1n) is 9.50. The molecule has 1 N–H and O–H groups in total. The molecule has 0 bridgehead atoms. The van der Waals surface area contributed by atoms with E-state index in [9.17, 15) is 9.59 Å². The van der Waals surface area contributed by atoms with Crippen LogP contribution in [0.15, 0.2) is 54.6 Å². The molecule has 0 fully saturated rings. The minimum atomic E-state index is -0.579. The molecular formula is C22H27IN2O3. The van der Waals surface area contributed by atoms with Gasteiger partial charge in [0.25, 0.3) is 5.91 Å². The van der Waals surface area contributed by atoms with Crippen LogP contribution >= 0.6 is 22.6 Å². The molecule has 5 nitrogen and oxygen atoms in total. The maximum Gasteiger partial charge on any atom is 0.261 e. The Hall–Kier alpha value is -2.09. The minimum Gasteiger partial charge on any atom is -0.484 e. The van der Waals surface area contributed by atoms with E-state index in [0.29, 0.717) is 18.8 Å². The average molecular weight is 494 g/mol. The van der Waals surface area contributed by atoms with Crippen LogP contribution in [0.3, 0.4) is 0 Å². The van der Waals surface area contributed by atoms with E-state index in [4.69, 9.17) is 4.74 Å². The molecular weight excluding hydrogens is 467 g/mol. The van der Waals surface area contributed by atoms with Crippen LogP contribution in [0.4, 0.5) is 0 Å². The van der Waals surface area contributed by atoms with Crippen molar-refractivity contribution in [3.8, 4) is 5.75 Å². The van der Waals surface area contributed by atoms with Gasteiger partial charge in [-0.2, -0.15) is 0 Å². The lowest BCUT2D eigenvalue weighted by molar-refractivity contribution is -0.142. The van der Waals surface area contributed by atoms with E-state index in [1.54, 1.807) is 11.8 Å². The zero-order valence-corrected chi connectivity index (χ0v) is 18.5. The van der Waals surface area contributed by atoms with Gasteiger partial charge in [-0.3, -0.25) is 9.59 Å². The second-order valence-corrected chi connectivity index (χ2v) is 7.82. The van der Waals surface area contributed by atoms with Crippen molar-refractivity contribution in [2.45, 2.75) is 39.3 Å². The number of carbonyl (C=O) groups is 2. The Morgan fingerprint density at radius 2 is 1.79 bits per heavy atom. The third-order valence-corrected chi connectivity index (χ3v) is 5.09. The number of ether oxygens (including phenoxy) is 1. The Kier molecular flexibility index (Phi) is 9.27. The Morgan fingerprint density at radius 1 is 1.11 bits per heavy atom. The van der Waals surface area contributed by atoms with Crippen molar-refractivity contribution < 1.29 is 14.3 Å². The summed E-state index contributed by atoms with van der Waals surface area (Å²) in [6.07, 6.45) is 1.92. The van der Waals surface area contributed by atoms with Crippen molar-refractivity contribution in [1.29, 1.82) is 0 Å². The van der Waals surface area contributed by atoms with Gasteiger partial charge in [-0.25, -0.2) is 0 Å². The third-order valence-electron chi connectivity index (χ3n) is 4.37. The van der Waals surface area contributed by atoms with E-state index in [1.807, 2.05) is 54.6 Å². The second-order valence-electron chi connectivity index (χ2n) is 6.57. The first kappa shape index (κ1) is 22.2. The molecule has 0 saturated heterocycles. The van der Waals surface area contributed by atoms with E-state index in [-0.39, 0.29) is 18.4 Å². The van der Waals surface area contributed by atoms with Crippen molar-refractivity contribution in [3.05, 3.63) is 63.7 Å².